The summed E-state index contributed by atoms with van der Waals surface area (Å²) in [6.07, 6.45) is 1.65. The SMILES string of the molecule is CCN(Cc1ccc(N(C)C)cc1)C(=O)C1CCN(c2nc3ccccc3o2)CC1. The zero-order valence-electron chi connectivity index (χ0n) is 18.0. The van der Waals surface area contributed by atoms with Gasteiger partial charge in [0, 0.05) is 51.9 Å². The molecule has 1 saturated heterocycles. The molecule has 0 radical (unpaired) electrons. The topological polar surface area (TPSA) is 52.8 Å². The number of aromatic nitrogens is 1. The second-order valence-corrected chi connectivity index (χ2v) is 8.14. The number of para-hydroxylation sites is 2. The molecule has 0 spiro atoms. The lowest BCUT2D eigenvalue weighted by Crippen LogP contribution is -2.42. The molecule has 1 aliphatic heterocycles. The maximum atomic E-state index is 13.2. The second-order valence-electron chi connectivity index (χ2n) is 8.14. The summed E-state index contributed by atoms with van der Waals surface area (Å²) in [5.41, 5.74) is 4.02. The van der Waals surface area contributed by atoms with Gasteiger partial charge in [0.15, 0.2) is 5.58 Å². The molecule has 0 bridgehead atoms. The molecule has 4 rings (SSSR count). The minimum absolute atomic E-state index is 0.0617. The van der Waals surface area contributed by atoms with E-state index in [0.717, 1.165) is 43.6 Å². The molecule has 0 atom stereocenters. The summed E-state index contributed by atoms with van der Waals surface area (Å²) in [6, 6.07) is 16.9. The van der Waals surface area contributed by atoms with Gasteiger partial charge in [-0.25, -0.2) is 0 Å². The van der Waals surface area contributed by atoms with Gasteiger partial charge in [-0.15, -0.1) is 0 Å². The van der Waals surface area contributed by atoms with Crippen molar-refractivity contribution in [2.24, 2.45) is 5.92 Å². The summed E-state index contributed by atoms with van der Waals surface area (Å²) in [7, 11) is 4.06. The first-order chi connectivity index (χ1) is 14.5. The molecule has 1 aliphatic rings. The lowest BCUT2D eigenvalue weighted by atomic mass is 9.95. The maximum absolute atomic E-state index is 13.2. The Kier molecular flexibility index (Phi) is 5.93. The van der Waals surface area contributed by atoms with Crippen LogP contribution in [0.25, 0.3) is 11.1 Å². The molecule has 0 N–H and O–H groups in total. The number of anilines is 2. The Morgan fingerprint density at radius 1 is 1.10 bits per heavy atom. The third-order valence-electron chi connectivity index (χ3n) is 5.92. The molecule has 1 fully saturated rings. The zero-order chi connectivity index (χ0) is 21.1. The zero-order valence-corrected chi connectivity index (χ0v) is 18.0. The van der Waals surface area contributed by atoms with E-state index in [-0.39, 0.29) is 11.8 Å². The molecule has 158 valence electrons. The van der Waals surface area contributed by atoms with Gasteiger partial charge in [-0.05, 0) is 49.6 Å². The Balaban J connectivity index is 1.36. The highest BCUT2D eigenvalue weighted by Gasteiger charge is 2.29. The number of rotatable bonds is 6. The van der Waals surface area contributed by atoms with E-state index in [1.807, 2.05) is 43.3 Å². The van der Waals surface area contributed by atoms with Crippen LogP contribution < -0.4 is 9.80 Å². The van der Waals surface area contributed by atoms with Crippen molar-refractivity contribution in [3.63, 3.8) is 0 Å². The number of amides is 1. The fourth-order valence-corrected chi connectivity index (χ4v) is 4.04. The van der Waals surface area contributed by atoms with Crippen LogP contribution in [0.1, 0.15) is 25.3 Å². The van der Waals surface area contributed by atoms with Crippen molar-refractivity contribution in [2.75, 3.05) is 43.5 Å². The third-order valence-corrected chi connectivity index (χ3v) is 5.92. The van der Waals surface area contributed by atoms with Crippen molar-refractivity contribution in [1.29, 1.82) is 0 Å². The van der Waals surface area contributed by atoms with Crippen LogP contribution in [0.2, 0.25) is 0 Å². The Morgan fingerprint density at radius 2 is 1.80 bits per heavy atom. The maximum Gasteiger partial charge on any atom is 0.298 e. The second kappa shape index (κ2) is 8.78. The van der Waals surface area contributed by atoms with Crippen molar-refractivity contribution >= 4 is 28.7 Å². The van der Waals surface area contributed by atoms with Gasteiger partial charge in [0.2, 0.25) is 5.91 Å². The molecule has 30 heavy (non-hydrogen) atoms. The Hall–Kier alpha value is -3.02. The molecule has 1 amide bonds. The fourth-order valence-electron chi connectivity index (χ4n) is 4.04. The molecular formula is C24H30N4O2. The van der Waals surface area contributed by atoms with Gasteiger partial charge in [-0.1, -0.05) is 24.3 Å². The molecule has 3 aromatic rings. The number of carbonyl (C=O) groups excluding carboxylic acids is 1. The number of piperidine rings is 1. The first-order valence-corrected chi connectivity index (χ1v) is 10.7. The van der Waals surface area contributed by atoms with Gasteiger partial charge in [0.05, 0.1) is 0 Å². The highest BCUT2D eigenvalue weighted by Crippen LogP contribution is 2.27. The van der Waals surface area contributed by atoms with Gasteiger partial charge in [0.25, 0.3) is 6.01 Å². The number of hydrogen-bond donors (Lipinski definition) is 0. The van der Waals surface area contributed by atoms with E-state index in [1.54, 1.807) is 0 Å². The van der Waals surface area contributed by atoms with Gasteiger partial charge in [-0.3, -0.25) is 4.79 Å². The van der Waals surface area contributed by atoms with Gasteiger partial charge >= 0.3 is 0 Å². The summed E-state index contributed by atoms with van der Waals surface area (Å²) in [4.78, 5) is 24.0. The van der Waals surface area contributed by atoms with Crippen LogP contribution in [-0.2, 0) is 11.3 Å². The summed E-state index contributed by atoms with van der Waals surface area (Å²) >= 11 is 0. The van der Waals surface area contributed by atoms with Crippen LogP contribution in [0.4, 0.5) is 11.7 Å². The monoisotopic (exact) mass is 406 g/mol. The quantitative estimate of drug-likeness (QED) is 0.615. The molecule has 0 unspecified atom stereocenters. The van der Waals surface area contributed by atoms with Crippen LogP contribution >= 0.6 is 0 Å². The standard InChI is InChI=1S/C24H30N4O2/c1-4-27(17-18-9-11-20(12-10-18)26(2)3)23(29)19-13-15-28(16-14-19)24-25-21-7-5-6-8-22(21)30-24/h5-12,19H,4,13-17H2,1-3H3. The lowest BCUT2D eigenvalue weighted by Gasteiger charge is -2.33. The molecular weight excluding hydrogens is 376 g/mol. The third kappa shape index (κ3) is 4.27. The van der Waals surface area contributed by atoms with Crippen molar-refractivity contribution in [3.05, 3.63) is 54.1 Å². The lowest BCUT2D eigenvalue weighted by molar-refractivity contribution is -0.136. The number of oxazole rings is 1. The number of nitrogens with zero attached hydrogens (tertiary/aromatic N) is 4. The van der Waals surface area contributed by atoms with E-state index < -0.39 is 0 Å². The van der Waals surface area contributed by atoms with Crippen molar-refractivity contribution in [1.82, 2.24) is 9.88 Å². The Labute approximate surface area is 178 Å². The Morgan fingerprint density at radius 3 is 2.43 bits per heavy atom. The van der Waals surface area contributed by atoms with Crippen LogP contribution in [0.5, 0.6) is 0 Å². The van der Waals surface area contributed by atoms with Crippen molar-refractivity contribution < 1.29 is 9.21 Å². The summed E-state index contributed by atoms with van der Waals surface area (Å²) < 4.78 is 5.89. The highest BCUT2D eigenvalue weighted by atomic mass is 16.4. The smallest absolute Gasteiger partial charge is 0.298 e. The summed E-state index contributed by atoms with van der Waals surface area (Å²) in [5, 5.41) is 0. The minimum atomic E-state index is 0.0617. The van der Waals surface area contributed by atoms with E-state index in [4.69, 9.17) is 4.42 Å². The molecule has 6 nitrogen and oxygen atoms in total. The van der Waals surface area contributed by atoms with Crippen molar-refractivity contribution in [3.8, 4) is 0 Å². The molecule has 1 aromatic heterocycles. The predicted molar refractivity (Wildman–Crippen MR) is 121 cm³/mol. The van der Waals surface area contributed by atoms with E-state index >= 15 is 0 Å². The molecule has 0 saturated carbocycles. The number of carbonyl (C=O) groups is 1. The molecule has 0 aliphatic carbocycles. The van der Waals surface area contributed by atoms with Crippen LogP contribution in [0.15, 0.2) is 52.9 Å². The van der Waals surface area contributed by atoms with Gasteiger partial charge in [0.1, 0.15) is 5.52 Å². The highest BCUT2D eigenvalue weighted by molar-refractivity contribution is 5.79. The summed E-state index contributed by atoms with van der Waals surface area (Å²) in [5.74, 6) is 0.318. The van der Waals surface area contributed by atoms with E-state index in [1.165, 1.54) is 11.3 Å². The van der Waals surface area contributed by atoms with Gasteiger partial charge < -0.3 is 19.1 Å². The fraction of sp³-hybridized carbons (Fsp3) is 0.417. The molecule has 2 aromatic carbocycles. The van der Waals surface area contributed by atoms with E-state index in [9.17, 15) is 4.79 Å². The number of hydrogen-bond acceptors (Lipinski definition) is 5. The average Bonchev–Trinajstić information content (AvgIpc) is 3.22. The number of benzene rings is 2. The first kappa shape index (κ1) is 20.3. The van der Waals surface area contributed by atoms with Crippen LogP contribution in [0.3, 0.4) is 0 Å². The molecule has 2 heterocycles. The van der Waals surface area contributed by atoms with Crippen LogP contribution in [-0.4, -0.2) is 49.5 Å². The minimum Gasteiger partial charge on any atom is -0.423 e. The Bertz CT molecular complexity index is 955. The predicted octanol–water partition coefficient (Wildman–Crippen LogP) is 4.16. The van der Waals surface area contributed by atoms with Crippen LogP contribution in [0, 0.1) is 5.92 Å². The molecule has 6 heteroatoms. The average molecular weight is 407 g/mol. The normalized spacial score (nSPS) is 14.8. The number of fused-ring (bicyclic) bond motifs is 1. The largest absolute Gasteiger partial charge is 0.423 e. The first-order valence-electron chi connectivity index (χ1n) is 10.7. The van der Waals surface area contributed by atoms with Crippen molar-refractivity contribution in [2.45, 2.75) is 26.3 Å². The van der Waals surface area contributed by atoms with E-state index in [2.05, 4.69) is 46.0 Å². The van der Waals surface area contributed by atoms with E-state index in [0.29, 0.717) is 12.6 Å². The van der Waals surface area contributed by atoms with Gasteiger partial charge in [-0.2, -0.15) is 4.98 Å². The summed E-state index contributed by atoms with van der Waals surface area (Å²) in [6.45, 7) is 5.02.